The molecule has 2 N–H and O–H groups in total. The first-order chi connectivity index (χ1) is 16.7. The van der Waals surface area contributed by atoms with Gasteiger partial charge in [-0.25, -0.2) is 9.78 Å². The van der Waals surface area contributed by atoms with E-state index in [-0.39, 0.29) is 12.5 Å². The van der Waals surface area contributed by atoms with Gasteiger partial charge in [0.05, 0.1) is 5.69 Å². The highest BCUT2D eigenvalue weighted by atomic mass is 32.1. The average Bonchev–Trinajstić information content (AvgIpc) is 3.35. The Kier molecular flexibility index (Phi) is 6.76. The van der Waals surface area contributed by atoms with E-state index in [1.165, 1.54) is 29.1 Å². The monoisotopic (exact) mass is 476 g/mol. The maximum Gasteiger partial charge on any atom is 0.410 e. The summed E-state index contributed by atoms with van der Waals surface area (Å²) in [6, 6.07) is 17.2. The standard InChI is InChI=1S/C26H28N4O3S/c31-24(23-10-5-13-30(23)26(32)33-16-19-6-2-1-3-7-19)29-25-28-22(17-34-25)20-8-4-9-21(14-20)27-15-18-11-12-18/h1-4,6-9,14,17-18,23,27H,5,10-13,15-16H2,(H,28,29,31). The van der Waals surface area contributed by atoms with Crippen LogP contribution in [-0.4, -0.2) is 41.0 Å². The molecule has 1 atom stereocenters. The van der Waals surface area contributed by atoms with Crippen molar-refractivity contribution in [2.75, 3.05) is 23.7 Å². The zero-order valence-corrected chi connectivity index (χ0v) is 19.7. The van der Waals surface area contributed by atoms with E-state index in [0.29, 0.717) is 18.1 Å². The lowest BCUT2D eigenvalue weighted by Gasteiger charge is -2.22. The normalized spacial score (nSPS) is 17.4. The van der Waals surface area contributed by atoms with E-state index in [0.717, 1.165) is 41.4 Å². The fraction of sp³-hybridized carbons (Fsp3) is 0.346. The van der Waals surface area contributed by atoms with Gasteiger partial charge in [0.1, 0.15) is 12.6 Å². The number of rotatable bonds is 8. The second-order valence-electron chi connectivity index (χ2n) is 8.82. The van der Waals surface area contributed by atoms with E-state index in [9.17, 15) is 9.59 Å². The van der Waals surface area contributed by atoms with Gasteiger partial charge >= 0.3 is 6.09 Å². The van der Waals surface area contributed by atoms with Crippen molar-refractivity contribution in [3.63, 3.8) is 0 Å². The molecule has 0 spiro atoms. The van der Waals surface area contributed by atoms with E-state index in [1.807, 2.05) is 47.8 Å². The Balaban J connectivity index is 1.18. The van der Waals surface area contributed by atoms with E-state index in [2.05, 4.69) is 27.8 Å². The highest BCUT2D eigenvalue weighted by molar-refractivity contribution is 7.14. The zero-order valence-electron chi connectivity index (χ0n) is 18.9. The summed E-state index contributed by atoms with van der Waals surface area (Å²) in [5.41, 5.74) is 3.82. The Morgan fingerprint density at radius 1 is 1.09 bits per heavy atom. The first-order valence-electron chi connectivity index (χ1n) is 11.7. The molecular weight excluding hydrogens is 448 g/mol. The van der Waals surface area contributed by atoms with Gasteiger partial charge in [0.2, 0.25) is 5.91 Å². The number of nitrogens with one attached hydrogen (secondary N) is 2. The van der Waals surface area contributed by atoms with Gasteiger partial charge in [0.25, 0.3) is 0 Å². The lowest BCUT2D eigenvalue weighted by Crippen LogP contribution is -2.43. The molecule has 34 heavy (non-hydrogen) atoms. The molecule has 1 unspecified atom stereocenters. The van der Waals surface area contributed by atoms with Gasteiger partial charge in [-0.05, 0) is 49.3 Å². The Bertz CT molecular complexity index is 1150. The van der Waals surface area contributed by atoms with Gasteiger partial charge in [-0.15, -0.1) is 11.3 Å². The van der Waals surface area contributed by atoms with Crippen LogP contribution >= 0.6 is 11.3 Å². The summed E-state index contributed by atoms with van der Waals surface area (Å²) in [7, 11) is 0. The molecule has 0 radical (unpaired) electrons. The minimum atomic E-state index is -0.550. The number of aromatic nitrogens is 1. The van der Waals surface area contributed by atoms with E-state index in [1.54, 1.807) is 0 Å². The topological polar surface area (TPSA) is 83.6 Å². The van der Waals surface area contributed by atoms with Gasteiger partial charge in [-0.3, -0.25) is 9.69 Å². The molecule has 5 rings (SSSR count). The zero-order chi connectivity index (χ0) is 23.3. The van der Waals surface area contributed by atoms with Crippen molar-refractivity contribution in [2.45, 2.75) is 38.3 Å². The molecule has 176 valence electrons. The number of hydrogen-bond acceptors (Lipinski definition) is 6. The van der Waals surface area contributed by atoms with Crippen molar-refractivity contribution >= 4 is 34.2 Å². The lowest BCUT2D eigenvalue weighted by atomic mass is 10.1. The van der Waals surface area contributed by atoms with Crippen LogP contribution in [0.25, 0.3) is 11.3 Å². The number of benzene rings is 2. The number of nitrogens with zero attached hydrogens (tertiary/aromatic N) is 2. The van der Waals surface area contributed by atoms with Gasteiger partial charge < -0.3 is 15.4 Å². The van der Waals surface area contributed by atoms with Crippen molar-refractivity contribution in [1.82, 2.24) is 9.88 Å². The smallest absolute Gasteiger partial charge is 0.410 e. The highest BCUT2D eigenvalue weighted by Gasteiger charge is 2.35. The fourth-order valence-corrected chi connectivity index (χ4v) is 4.81. The summed E-state index contributed by atoms with van der Waals surface area (Å²) in [5.74, 6) is 0.574. The van der Waals surface area contributed by atoms with E-state index in [4.69, 9.17) is 4.74 Å². The maximum absolute atomic E-state index is 13.0. The van der Waals surface area contributed by atoms with E-state index < -0.39 is 12.1 Å². The van der Waals surface area contributed by atoms with Crippen LogP contribution in [-0.2, 0) is 16.1 Å². The van der Waals surface area contributed by atoms with Crippen LogP contribution in [0.1, 0.15) is 31.2 Å². The van der Waals surface area contributed by atoms with Gasteiger partial charge in [-0.2, -0.15) is 0 Å². The third-order valence-corrected chi connectivity index (χ3v) is 6.94. The van der Waals surface area contributed by atoms with Crippen LogP contribution in [0.4, 0.5) is 15.6 Å². The number of carbonyl (C=O) groups is 2. The van der Waals surface area contributed by atoms with Crippen molar-refractivity contribution in [3.8, 4) is 11.3 Å². The van der Waals surface area contributed by atoms with Gasteiger partial charge in [0, 0.05) is 29.7 Å². The lowest BCUT2D eigenvalue weighted by molar-refractivity contribution is -0.120. The number of ether oxygens (including phenoxy) is 1. The molecule has 3 aromatic rings. The molecule has 1 saturated heterocycles. The molecule has 1 aliphatic carbocycles. The third kappa shape index (κ3) is 5.56. The van der Waals surface area contributed by atoms with Crippen LogP contribution in [0.15, 0.2) is 60.0 Å². The number of hydrogen-bond donors (Lipinski definition) is 2. The third-order valence-electron chi connectivity index (χ3n) is 6.18. The van der Waals surface area contributed by atoms with Gasteiger partial charge in [-0.1, -0.05) is 42.5 Å². The predicted molar refractivity (Wildman–Crippen MR) is 134 cm³/mol. The highest BCUT2D eigenvalue weighted by Crippen LogP contribution is 2.31. The van der Waals surface area contributed by atoms with Gasteiger partial charge in [0.15, 0.2) is 5.13 Å². The number of likely N-dealkylation sites (tertiary alicyclic amines) is 1. The molecule has 1 aromatic heterocycles. The minimum absolute atomic E-state index is 0.189. The summed E-state index contributed by atoms with van der Waals surface area (Å²) in [6.07, 6.45) is 3.54. The molecule has 1 aliphatic heterocycles. The maximum atomic E-state index is 13.0. The Labute approximate surface area is 203 Å². The molecular formula is C26H28N4O3S. The second kappa shape index (κ2) is 10.3. The van der Waals surface area contributed by atoms with Crippen LogP contribution < -0.4 is 10.6 Å². The second-order valence-corrected chi connectivity index (χ2v) is 9.68. The molecule has 8 heteroatoms. The molecule has 0 bridgehead atoms. The van der Waals surface area contributed by atoms with Crippen molar-refractivity contribution < 1.29 is 14.3 Å². The Hall–Kier alpha value is -3.39. The predicted octanol–water partition coefficient (Wildman–Crippen LogP) is 5.37. The van der Waals surface area contributed by atoms with Crippen molar-refractivity contribution in [2.24, 2.45) is 5.92 Å². The largest absolute Gasteiger partial charge is 0.445 e. The number of carbonyl (C=O) groups excluding carboxylic acids is 2. The minimum Gasteiger partial charge on any atom is -0.445 e. The van der Waals surface area contributed by atoms with Crippen LogP contribution in [0.2, 0.25) is 0 Å². The van der Waals surface area contributed by atoms with Crippen molar-refractivity contribution in [3.05, 3.63) is 65.5 Å². The SMILES string of the molecule is O=C(Nc1nc(-c2cccc(NCC3CC3)c2)cs1)C1CCCN1C(=O)OCc1ccccc1. The summed E-state index contributed by atoms with van der Waals surface area (Å²) >= 11 is 1.38. The number of thiazole rings is 1. The van der Waals surface area contributed by atoms with Crippen LogP contribution in [0.5, 0.6) is 0 Å². The molecule has 7 nitrogen and oxygen atoms in total. The number of anilines is 2. The number of amides is 2. The molecule has 1 saturated carbocycles. The first-order valence-corrected chi connectivity index (χ1v) is 12.6. The molecule has 2 amide bonds. The average molecular weight is 477 g/mol. The quantitative estimate of drug-likeness (QED) is 0.457. The summed E-state index contributed by atoms with van der Waals surface area (Å²) in [4.78, 5) is 31.7. The van der Waals surface area contributed by atoms with Crippen LogP contribution in [0, 0.1) is 5.92 Å². The molecule has 2 heterocycles. The Morgan fingerprint density at radius 2 is 1.94 bits per heavy atom. The van der Waals surface area contributed by atoms with E-state index >= 15 is 0 Å². The first kappa shape index (κ1) is 22.4. The molecule has 2 aromatic carbocycles. The Morgan fingerprint density at radius 3 is 2.76 bits per heavy atom. The van der Waals surface area contributed by atoms with Crippen LogP contribution in [0.3, 0.4) is 0 Å². The summed E-state index contributed by atoms with van der Waals surface area (Å²) in [5, 5.41) is 8.85. The fourth-order valence-electron chi connectivity index (χ4n) is 4.09. The summed E-state index contributed by atoms with van der Waals surface area (Å²) < 4.78 is 5.44. The summed E-state index contributed by atoms with van der Waals surface area (Å²) in [6.45, 7) is 1.71. The van der Waals surface area contributed by atoms with Crippen molar-refractivity contribution in [1.29, 1.82) is 0 Å². The molecule has 2 fully saturated rings. The molecule has 2 aliphatic rings.